The second-order valence-corrected chi connectivity index (χ2v) is 11.9. The lowest BCUT2D eigenvalue weighted by atomic mass is 10.3. The van der Waals surface area contributed by atoms with Gasteiger partial charge in [0.2, 0.25) is 0 Å². The summed E-state index contributed by atoms with van der Waals surface area (Å²) in [7, 11) is -3.65. The van der Waals surface area contributed by atoms with Crippen molar-refractivity contribution in [2.75, 3.05) is 65.0 Å². The average molecular weight is 483 g/mol. The van der Waals surface area contributed by atoms with E-state index in [9.17, 15) is 16.8 Å². The predicted octanol–water partition coefficient (Wildman–Crippen LogP) is 1.57. The van der Waals surface area contributed by atoms with E-state index in [0.717, 1.165) is 0 Å². The van der Waals surface area contributed by atoms with E-state index in [-0.39, 0.29) is 11.5 Å². The van der Waals surface area contributed by atoms with Gasteiger partial charge in [0.1, 0.15) is 11.5 Å². The predicted molar refractivity (Wildman–Crippen MR) is 123 cm³/mol. The number of methoxy groups -OCH3 is 2. The standard InChI is InChI=1S/C22H30N2O6S2/c1-29-19-3-7-21(8-4-19)31(25,26)17-15-23-11-13-24(14-12-23)16-18-32(27,28)22-9-5-20(30-2)6-10-22/h3-10H,11-18H2,1-2H3. The van der Waals surface area contributed by atoms with Gasteiger partial charge in [-0.1, -0.05) is 0 Å². The number of hydrogen-bond acceptors (Lipinski definition) is 8. The summed E-state index contributed by atoms with van der Waals surface area (Å²) in [6.45, 7) is 3.74. The number of benzene rings is 2. The number of piperazine rings is 1. The Labute approximate surface area is 190 Å². The van der Waals surface area contributed by atoms with Crippen LogP contribution >= 0.6 is 0 Å². The van der Waals surface area contributed by atoms with Crippen molar-refractivity contribution < 1.29 is 26.3 Å². The Morgan fingerprint density at radius 2 is 0.938 bits per heavy atom. The van der Waals surface area contributed by atoms with Crippen molar-refractivity contribution in [1.82, 2.24) is 9.80 Å². The Kier molecular flexibility index (Phi) is 8.16. The molecule has 1 aliphatic heterocycles. The third-order valence-corrected chi connectivity index (χ3v) is 9.08. The fourth-order valence-electron chi connectivity index (χ4n) is 3.54. The van der Waals surface area contributed by atoms with Crippen LogP contribution in [0.3, 0.4) is 0 Å². The van der Waals surface area contributed by atoms with E-state index in [1.54, 1.807) is 48.5 Å². The van der Waals surface area contributed by atoms with Crippen molar-refractivity contribution >= 4 is 19.7 Å². The average Bonchev–Trinajstić information content (AvgIpc) is 2.82. The van der Waals surface area contributed by atoms with Gasteiger partial charge in [0.15, 0.2) is 19.7 Å². The van der Waals surface area contributed by atoms with Gasteiger partial charge < -0.3 is 9.47 Å². The van der Waals surface area contributed by atoms with Crippen LogP contribution in [0.2, 0.25) is 0 Å². The molecule has 176 valence electrons. The summed E-state index contributed by atoms with van der Waals surface area (Å²) in [5.41, 5.74) is 0. The maximum Gasteiger partial charge on any atom is 0.179 e. The molecule has 1 heterocycles. The molecule has 8 nitrogen and oxygen atoms in total. The van der Waals surface area contributed by atoms with Gasteiger partial charge in [0.25, 0.3) is 0 Å². The van der Waals surface area contributed by atoms with Crippen LogP contribution in [0.5, 0.6) is 11.5 Å². The van der Waals surface area contributed by atoms with Gasteiger partial charge in [-0.3, -0.25) is 9.80 Å². The topological polar surface area (TPSA) is 93.2 Å². The molecule has 32 heavy (non-hydrogen) atoms. The molecule has 3 rings (SSSR count). The maximum atomic E-state index is 12.6. The van der Waals surface area contributed by atoms with Crippen molar-refractivity contribution in [3.05, 3.63) is 48.5 Å². The first-order valence-corrected chi connectivity index (χ1v) is 13.7. The number of rotatable bonds is 10. The molecule has 0 saturated carbocycles. The highest BCUT2D eigenvalue weighted by atomic mass is 32.2. The number of hydrogen-bond donors (Lipinski definition) is 0. The lowest BCUT2D eigenvalue weighted by Gasteiger charge is -2.34. The van der Waals surface area contributed by atoms with Crippen LogP contribution in [0.15, 0.2) is 58.3 Å². The zero-order valence-electron chi connectivity index (χ0n) is 18.4. The minimum Gasteiger partial charge on any atom is -0.497 e. The minimum atomic E-state index is -3.36. The van der Waals surface area contributed by atoms with Gasteiger partial charge in [-0.25, -0.2) is 16.8 Å². The molecule has 1 fully saturated rings. The minimum absolute atomic E-state index is 0.0468. The molecule has 1 saturated heterocycles. The van der Waals surface area contributed by atoms with Crippen LogP contribution in [-0.4, -0.2) is 91.6 Å². The molecule has 2 aromatic rings. The van der Waals surface area contributed by atoms with Crippen molar-refractivity contribution in [1.29, 1.82) is 0 Å². The third kappa shape index (κ3) is 6.44. The molecule has 0 radical (unpaired) electrons. The molecule has 0 aromatic heterocycles. The molecule has 0 spiro atoms. The van der Waals surface area contributed by atoms with Crippen LogP contribution in [-0.2, 0) is 19.7 Å². The second kappa shape index (κ2) is 10.7. The van der Waals surface area contributed by atoms with Crippen LogP contribution in [0, 0.1) is 0 Å². The molecule has 2 aromatic carbocycles. The summed E-state index contributed by atoms with van der Waals surface area (Å²) in [4.78, 5) is 4.80. The molecule has 0 aliphatic carbocycles. The van der Waals surface area contributed by atoms with Crippen LogP contribution in [0.25, 0.3) is 0 Å². The van der Waals surface area contributed by atoms with Gasteiger partial charge in [-0.05, 0) is 48.5 Å². The maximum absolute atomic E-state index is 12.6. The van der Waals surface area contributed by atoms with E-state index in [1.807, 2.05) is 0 Å². The second-order valence-electron chi connectivity index (χ2n) is 7.67. The number of sulfone groups is 2. The van der Waals surface area contributed by atoms with Crippen molar-refractivity contribution in [2.24, 2.45) is 0 Å². The third-order valence-electron chi connectivity index (χ3n) is 5.65. The Bertz CT molecular complexity index is 987. The Hall–Kier alpha value is -2.14. The normalized spacial score (nSPS) is 16.1. The highest BCUT2D eigenvalue weighted by Crippen LogP contribution is 2.18. The zero-order chi connectivity index (χ0) is 23.2. The van der Waals surface area contributed by atoms with Crippen LogP contribution in [0.1, 0.15) is 0 Å². The largest absolute Gasteiger partial charge is 0.497 e. The van der Waals surface area contributed by atoms with Crippen LogP contribution in [0.4, 0.5) is 0 Å². The molecule has 1 aliphatic rings. The first kappa shape index (κ1) is 24.5. The lowest BCUT2D eigenvalue weighted by Crippen LogP contribution is -2.48. The van der Waals surface area contributed by atoms with Crippen LogP contribution < -0.4 is 9.47 Å². The zero-order valence-corrected chi connectivity index (χ0v) is 20.1. The molecule has 0 amide bonds. The first-order valence-electron chi connectivity index (χ1n) is 10.4. The van der Waals surface area contributed by atoms with E-state index in [1.165, 1.54) is 14.2 Å². The first-order chi connectivity index (χ1) is 15.2. The molecular weight excluding hydrogens is 452 g/mol. The smallest absolute Gasteiger partial charge is 0.179 e. The Balaban J connectivity index is 1.44. The Morgan fingerprint density at radius 3 is 1.22 bits per heavy atom. The monoisotopic (exact) mass is 482 g/mol. The van der Waals surface area contributed by atoms with E-state index in [0.29, 0.717) is 60.6 Å². The summed E-state index contributed by atoms with van der Waals surface area (Å²) < 4.78 is 60.4. The molecule has 10 heteroatoms. The van der Waals surface area contributed by atoms with Crippen molar-refractivity contribution in [2.45, 2.75) is 9.79 Å². The SMILES string of the molecule is COc1ccc(S(=O)(=O)CCN2CCN(CCS(=O)(=O)c3ccc(OC)cc3)CC2)cc1. The van der Waals surface area contributed by atoms with Crippen molar-refractivity contribution in [3.63, 3.8) is 0 Å². The van der Waals surface area contributed by atoms with Crippen molar-refractivity contribution in [3.8, 4) is 11.5 Å². The van der Waals surface area contributed by atoms with Gasteiger partial charge in [0.05, 0.1) is 35.5 Å². The Morgan fingerprint density at radius 1 is 0.625 bits per heavy atom. The fourth-order valence-corrected chi connectivity index (χ4v) is 6.11. The summed E-state index contributed by atoms with van der Waals surface area (Å²) in [6.07, 6.45) is 0. The van der Waals surface area contributed by atoms with E-state index in [4.69, 9.17) is 9.47 Å². The number of nitrogens with zero attached hydrogens (tertiary/aromatic N) is 2. The lowest BCUT2D eigenvalue weighted by molar-refractivity contribution is 0.143. The molecular formula is C22H30N2O6S2. The quantitative estimate of drug-likeness (QED) is 0.504. The van der Waals surface area contributed by atoms with E-state index in [2.05, 4.69) is 9.80 Å². The molecule has 0 unspecified atom stereocenters. The van der Waals surface area contributed by atoms with E-state index >= 15 is 0 Å². The molecule has 0 N–H and O–H groups in total. The molecule has 0 atom stereocenters. The summed E-state index contributed by atoms with van der Waals surface area (Å²) in [5.74, 6) is 1.33. The molecule has 0 bridgehead atoms. The fraction of sp³-hybridized carbons (Fsp3) is 0.455. The summed E-state index contributed by atoms with van der Waals surface area (Å²) >= 11 is 0. The van der Waals surface area contributed by atoms with Gasteiger partial charge >= 0.3 is 0 Å². The summed E-state index contributed by atoms with van der Waals surface area (Å²) in [6, 6.07) is 12.8. The highest BCUT2D eigenvalue weighted by molar-refractivity contribution is 7.91. The van der Waals surface area contributed by atoms with Gasteiger partial charge in [0, 0.05) is 39.3 Å². The highest BCUT2D eigenvalue weighted by Gasteiger charge is 2.22. The summed E-state index contributed by atoms with van der Waals surface area (Å²) in [5, 5.41) is 0. The van der Waals surface area contributed by atoms with Gasteiger partial charge in [-0.2, -0.15) is 0 Å². The van der Waals surface area contributed by atoms with E-state index < -0.39 is 19.7 Å². The number of ether oxygens (including phenoxy) is 2. The van der Waals surface area contributed by atoms with Gasteiger partial charge in [-0.15, -0.1) is 0 Å².